The van der Waals surface area contributed by atoms with Gasteiger partial charge in [0.15, 0.2) is 0 Å². The Morgan fingerprint density at radius 2 is 2.27 bits per heavy atom. The van der Waals surface area contributed by atoms with Gasteiger partial charge in [-0.15, -0.1) is 11.6 Å². The van der Waals surface area contributed by atoms with Crippen LogP contribution >= 0.6 is 27.5 Å². The topological polar surface area (TPSA) is 3.24 Å². The third-order valence-electron chi connectivity index (χ3n) is 2.53. The lowest BCUT2D eigenvalue weighted by molar-refractivity contribution is 0.367. The minimum Gasteiger partial charge on any atom is -0.373 e. The average Bonchev–Trinajstić information content (AvgIpc) is 2.26. The summed E-state index contributed by atoms with van der Waals surface area (Å²) in [6.45, 7) is 2.03. The maximum atomic E-state index is 5.68. The van der Waals surface area contributed by atoms with Gasteiger partial charge in [0, 0.05) is 23.4 Å². The second-order valence-corrected chi connectivity index (χ2v) is 4.97. The summed E-state index contributed by atoms with van der Waals surface area (Å²) >= 11 is 9.17. The predicted octanol–water partition coefficient (Wildman–Crippen LogP) is 3.86. The van der Waals surface area contributed by atoms with Crippen LogP contribution in [0.15, 0.2) is 28.9 Å². The van der Waals surface area contributed by atoms with Crippen LogP contribution in [0.2, 0.25) is 0 Å². The molecule has 0 saturated carbocycles. The van der Waals surface area contributed by atoms with Crippen LogP contribution in [-0.4, -0.2) is 17.3 Å². The molecule has 0 spiro atoms. The van der Waals surface area contributed by atoms with Gasteiger partial charge in [0.05, 0.1) is 0 Å². The molecule has 0 N–H and O–H groups in total. The number of rotatable bonds is 3. The number of nitrogens with zero attached hydrogens (tertiary/aromatic N) is 1. The van der Waals surface area contributed by atoms with Crippen LogP contribution in [0, 0.1) is 0 Å². The van der Waals surface area contributed by atoms with E-state index in [0.717, 1.165) is 29.9 Å². The fourth-order valence-electron chi connectivity index (χ4n) is 1.74. The molecule has 1 aliphatic rings. The van der Waals surface area contributed by atoms with Crippen LogP contribution in [-0.2, 0) is 6.54 Å². The summed E-state index contributed by atoms with van der Waals surface area (Å²) in [7, 11) is 0. The number of hydrogen-bond donors (Lipinski definition) is 0. The zero-order valence-electron chi connectivity index (χ0n) is 8.42. The molecule has 1 aromatic rings. The smallest absolute Gasteiger partial charge is 0.0429 e. The molecule has 80 valence electrons. The van der Waals surface area contributed by atoms with Gasteiger partial charge in [-0.25, -0.2) is 0 Å². The van der Waals surface area contributed by atoms with Crippen molar-refractivity contribution < 1.29 is 0 Å². The molecular formula is C12H13BrClN. The third kappa shape index (κ3) is 2.76. The summed E-state index contributed by atoms with van der Waals surface area (Å²) in [6.07, 6.45) is 5.36. The van der Waals surface area contributed by atoms with Gasteiger partial charge in [-0.05, 0) is 42.0 Å². The summed E-state index contributed by atoms with van der Waals surface area (Å²) in [5.74, 6) is 0.734. The molecule has 1 aliphatic heterocycles. The summed E-state index contributed by atoms with van der Waals surface area (Å²) < 4.78 is 1.14. The van der Waals surface area contributed by atoms with E-state index in [2.05, 4.69) is 51.3 Å². The van der Waals surface area contributed by atoms with Crippen molar-refractivity contribution in [3.8, 4) is 0 Å². The molecule has 0 fully saturated rings. The summed E-state index contributed by atoms with van der Waals surface area (Å²) in [4.78, 5) is 2.30. The second-order valence-electron chi connectivity index (χ2n) is 3.67. The first-order chi connectivity index (χ1) is 7.29. The highest BCUT2D eigenvalue weighted by molar-refractivity contribution is 9.10. The van der Waals surface area contributed by atoms with Crippen molar-refractivity contribution in [2.75, 3.05) is 12.4 Å². The maximum absolute atomic E-state index is 5.68. The monoisotopic (exact) mass is 285 g/mol. The van der Waals surface area contributed by atoms with E-state index in [-0.39, 0.29) is 0 Å². The van der Waals surface area contributed by atoms with E-state index in [4.69, 9.17) is 11.6 Å². The molecule has 0 atom stereocenters. The Labute approximate surface area is 104 Å². The van der Waals surface area contributed by atoms with E-state index >= 15 is 0 Å². The zero-order chi connectivity index (χ0) is 10.7. The number of benzene rings is 1. The van der Waals surface area contributed by atoms with Crippen LogP contribution < -0.4 is 0 Å². The van der Waals surface area contributed by atoms with Crippen LogP contribution in [0.25, 0.3) is 6.08 Å². The minimum atomic E-state index is 0.734. The quantitative estimate of drug-likeness (QED) is 0.763. The van der Waals surface area contributed by atoms with Gasteiger partial charge in [0.25, 0.3) is 0 Å². The standard InChI is InChI=1S/C12H13BrClN/c13-12-3-2-11-9-15(6-1-5-14)7-4-10(11)8-12/h2-4,7-8H,1,5-6,9H2. The molecule has 2 rings (SSSR count). The third-order valence-corrected chi connectivity index (χ3v) is 3.29. The van der Waals surface area contributed by atoms with Crippen molar-refractivity contribution in [1.29, 1.82) is 0 Å². The van der Waals surface area contributed by atoms with Crippen molar-refractivity contribution in [3.63, 3.8) is 0 Å². The first-order valence-corrected chi connectivity index (χ1v) is 6.39. The molecule has 0 bridgehead atoms. The lowest BCUT2D eigenvalue weighted by Gasteiger charge is -2.25. The van der Waals surface area contributed by atoms with E-state index in [0.29, 0.717) is 0 Å². The Kier molecular flexibility index (Phi) is 3.71. The Morgan fingerprint density at radius 3 is 3.07 bits per heavy atom. The molecule has 0 radical (unpaired) electrons. The molecule has 1 heterocycles. The number of hydrogen-bond acceptors (Lipinski definition) is 1. The van der Waals surface area contributed by atoms with Gasteiger partial charge < -0.3 is 4.90 Å². The highest BCUT2D eigenvalue weighted by atomic mass is 79.9. The molecule has 3 heteroatoms. The lowest BCUT2D eigenvalue weighted by Crippen LogP contribution is -2.21. The van der Waals surface area contributed by atoms with Gasteiger partial charge in [-0.2, -0.15) is 0 Å². The maximum Gasteiger partial charge on any atom is 0.0429 e. The van der Waals surface area contributed by atoms with Gasteiger partial charge in [0.2, 0.25) is 0 Å². The van der Waals surface area contributed by atoms with Crippen molar-refractivity contribution in [3.05, 3.63) is 40.0 Å². The Hall–Kier alpha value is -0.470. The van der Waals surface area contributed by atoms with E-state index in [1.165, 1.54) is 11.1 Å². The number of alkyl halides is 1. The van der Waals surface area contributed by atoms with Crippen molar-refractivity contribution in [1.82, 2.24) is 4.90 Å². The molecule has 15 heavy (non-hydrogen) atoms. The van der Waals surface area contributed by atoms with Crippen molar-refractivity contribution >= 4 is 33.6 Å². The van der Waals surface area contributed by atoms with Crippen LogP contribution in [0.4, 0.5) is 0 Å². The normalized spacial score (nSPS) is 14.1. The molecular weight excluding hydrogens is 273 g/mol. The fourth-order valence-corrected chi connectivity index (χ4v) is 2.24. The van der Waals surface area contributed by atoms with E-state index < -0.39 is 0 Å². The molecule has 0 aliphatic carbocycles. The number of fused-ring (bicyclic) bond motifs is 1. The Balaban J connectivity index is 2.10. The first-order valence-electron chi connectivity index (χ1n) is 5.06. The first kappa shape index (κ1) is 11.0. The summed E-state index contributed by atoms with van der Waals surface area (Å²) in [5, 5.41) is 0. The molecule has 1 nitrogen and oxygen atoms in total. The van der Waals surface area contributed by atoms with E-state index in [1.807, 2.05) is 0 Å². The van der Waals surface area contributed by atoms with Crippen LogP contribution in [0.5, 0.6) is 0 Å². The van der Waals surface area contributed by atoms with Gasteiger partial charge >= 0.3 is 0 Å². The van der Waals surface area contributed by atoms with Gasteiger partial charge in [-0.1, -0.05) is 22.0 Å². The van der Waals surface area contributed by atoms with Gasteiger partial charge in [0.1, 0.15) is 0 Å². The minimum absolute atomic E-state index is 0.734. The largest absolute Gasteiger partial charge is 0.373 e. The Morgan fingerprint density at radius 1 is 1.40 bits per heavy atom. The second kappa shape index (κ2) is 5.04. The van der Waals surface area contributed by atoms with E-state index in [1.54, 1.807) is 0 Å². The molecule has 0 saturated heterocycles. The van der Waals surface area contributed by atoms with Crippen molar-refractivity contribution in [2.45, 2.75) is 13.0 Å². The molecule has 1 aromatic carbocycles. The summed E-state index contributed by atoms with van der Waals surface area (Å²) in [6, 6.07) is 6.43. The molecule has 0 unspecified atom stereocenters. The predicted molar refractivity (Wildman–Crippen MR) is 68.9 cm³/mol. The summed E-state index contributed by atoms with van der Waals surface area (Å²) in [5.41, 5.74) is 2.70. The molecule has 0 amide bonds. The average molecular weight is 287 g/mol. The fraction of sp³-hybridized carbons (Fsp3) is 0.333. The highest BCUT2D eigenvalue weighted by Gasteiger charge is 2.09. The van der Waals surface area contributed by atoms with E-state index in [9.17, 15) is 0 Å². The number of halogens is 2. The van der Waals surface area contributed by atoms with Crippen LogP contribution in [0.1, 0.15) is 17.5 Å². The van der Waals surface area contributed by atoms with Crippen molar-refractivity contribution in [2.24, 2.45) is 0 Å². The molecule has 0 aromatic heterocycles. The van der Waals surface area contributed by atoms with Crippen LogP contribution in [0.3, 0.4) is 0 Å². The SMILES string of the molecule is ClCCCN1C=Cc2cc(Br)ccc2C1. The zero-order valence-corrected chi connectivity index (χ0v) is 10.8. The Bertz CT molecular complexity index is 376. The lowest BCUT2D eigenvalue weighted by atomic mass is 10.0. The highest BCUT2D eigenvalue weighted by Crippen LogP contribution is 2.23. The van der Waals surface area contributed by atoms with Gasteiger partial charge in [-0.3, -0.25) is 0 Å².